The van der Waals surface area contributed by atoms with Gasteiger partial charge in [0.1, 0.15) is 6.04 Å². The fraction of sp³-hybridized carbons (Fsp3) is 0.417. The number of hydrogen-bond acceptors (Lipinski definition) is 5. The van der Waals surface area contributed by atoms with Crippen molar-refractivity contribution in [1.82, 2.24) is 10.6 Å². The number of benzene rings is 3. The van der Waals surface area contributed by atoms with Crippen molar-refractivity contribution in [2.45, 2.75) is 79.3 Å². The van der Waals surface area contributed by atoms with Crippen molar-refractivity contribution < 1.29 is 24.2 Å². The molecule has 0 aliphatic carbocycles. The smallest absolute Gasteiger partial charge is 0.343 e. The summed E-state index contributed by atoms with van der Waals surface area (Å²) in [5.41, 5.74) is 5.06. The Morgan fingerprint density at radius 1 is 0.860 bits per heavy atom. The van der Waals surface area contributed by atoms with E-state index in [0.717, 1.165) is 23.1 Å². The third kappa shape index (κ3) is 10.4. The van der Waals surface area contributed by atoms with Crippen LogP contribution in [-0.2, 0) is 30.6 Å². The van der Waals surface area contributed by atoms with Crippen LogP contribution in [0, 0.1) is 18.3 Å². The van der Waals surface area contributed by atoms with Gasteiger partial charge in [0.05, 0.1) is 19.1 Å². The van der Waals surface area contributed by atoms with Crippen molar-refractivity contribution in [1.29, 1.82) is 0 Å². The quantitative estimate of drug-likeness (QED) is 0.158. The highest BCUT2D eigenvalue weighted by Crippen LogP contribution is 2.27. The van der Waals surface area contributed by atoms with Gasteiger partial charge in [-0.3, -0.25) is 14.5 Å². The van der Waals surface area contributed by atoms with Crippen molar-refractivity contribution in [2.75, 3.05) is 6.61 Å². The van der Waals surface area contributed by atoms with Crippen molar-refractivity contribution in [3.63, 3.8) is 0 Å². The van der Waals surface area contributed by atoms with E-state index in [-0.39, 0.29) is 30.9 Å². The number of hydrogen-bond donors (Lipinski definition) is 2. The molecule has 0 fully saturated rings. The maximum Gasteiger partial charge on any atom is 0.343 e. The molecule has 0 saturated carbocycles. The lowest BCUT2D eigenvalue weighted by Gasteiger charge is -2.32. The van der Waals surface area contributed by atoms with Crippen LogP contribution in [0.3, 0.4) is 0 Å². The van der Waals surface area contributed by atoms with E-state index in [1.165, 1.54) is 11.1 Å². The minimum atomic E-state index is -0.807. The van der Waals surface area contributed by atoms with Crippen LogP contribution in [0.2, 0.25) is 0 Å². The molecule has 3 aromatic rings. The van der Waals surface area contributed by atoms with Gasteiger partial charge in [-0.1, -0.05) is 105 Å². The number of aryl methyl sites for hydroxylation is 2. The first-order valence-electron chi connectivity index (χ1n) is 15.1. The van der Waals surface area contributed by atoms with Crippen molar-refractivity contribution in [3.05, 3.63) is 95.6 Å². The molecule has 3 rings (SSSR count). The minimum Gasteiger partial charge on any atom is -0.348 e. The molecule has 3 atom stereocenters. The summed E-state index contributed by atoms with van der Waals surface area (Å²) in [5.74, 6) is -1.94. The maximum atomic E-state index is 13.7. The van der Waals surface area contributed by atoms with Crippen LogP contribution in [0.1, 0.15) is 76.6 Å². The second-order valence-electron chi connectivity index (χ2n) is 12.1. The highest BCUT2D eigenvalue weighted by molar-refractivity contribution is 5.90. The minimum absolute atomic E-state index is 0.149. The van der Waals surface area contributed by atoms with Gasteiger partial charge < -0.3 is 10.6 Å². The first-order chi connectivity index (χ1) is 20.5. The van der Waals surface area contributed by atoms with E-state index in [9.17, 15) is 14.4 Å². The van der Waals surface area contributed by atoms with Gasteiger partial charge in [-0.05, 0) is 67.7 Å². The van der Waals surface area contributed by atoms with E-state index in [0.29, 0.717) is 12.8 Å². The zero-order valence-corrected chi connectivity index (χ0v) is 26.3. The summed E-state index contributed by atoms with van der Waals surface area (Å²) in [6.45, 7) is 11.6. The van der Waals surface area contributed by atoms with Crippen LogP contribution in [0.15, 0.2) is 78.9 Å². The van der Waals surface area contributed by atoms with Gasteiger partial charge in [0.2, 0.25) is 11.8 Å². The standard InChI is InChI=1S/C36H46N2O5/c1-7-42-43-32(39)24-30(21-14-19-28-18-11-12-22-31(28)29-20-13-15-25(2)23-29)34(40)38-33(36(4,5)6)35(41)37-26(3)27-16-9-8-10-17-27/h8-13,15-18,20,22-23,26,30,33H,7,14,19,21,24H2,1-6H3,(H,37,41)(H,38,40)/t26-,30-,33-/m1/s1. The van der Waals surface area contributed by atoms with Gasteiger partial charge >= 0.3 is 5.97 Å². The van der Waals surface area contributed by atoms with Crippen molar-refractivity contribution in [3.8, 4) is 11.1 Å². The molecular formula is C36H46N2O5. The Hall–Kier alpha value is -3.97. The highest BCUT2D eigenvalue weighted by Gasteiger charge is 2.35. The maximum absolute atomic E-state index is 13.7. The Labute approximate surface area is 256 Å². The molecule has 0 heterocycles. The summed E-state index contributed by atoms with van der Waals surface area (Å²) < 4.78 is 0. The van der Waals surface area contributed by atoms with Gasteiger partial charge in [-0.25, -0.2) is 4.79 Å². The van der Waals surface area contributed by atoms with Gasteiger partial charge in [-0.15, -0.1) is 0 Å². The Morgan fingerprint density at radius 2 is 1.56 bits per heavy atom. The van der Waals surface area contributed by atoms with Crippen LogP contribution in [0.4, 0.5) is 0 Å². The molecular weight excluding hydrogens is 540 g/mol. The molecule has 2 N–H and O–H groups in total. The first-order valence-corrected chi connectivity index (χ1v) is 15.1. The average molecular weight is 587 g/mol. The largest absolute Gasteiger partial charge is 0.348 e. The molecule has 3 aromatic carbocycles. The molecule has 0 unspecified atom stereocenters. The second kappa shape index (κ2) is 16.0. The Morgan fingerprint density at radius 3 is 2.23 bits per heavy atom. The Bertz CT molecular complexity index is 1350. The van der Waals surface area contributed by atoms with E-state index in [4.69, 9.17) is 9.78 Å². The van der Waals surface area contributed by atoms with E-state index < -0.39 is 23.3 Å². The molecule has 2 amide bonds. The van der Waals surface area contributed by atoms with Crippen LogP contribution < -0.4 is 10.6 Å². The number of carbonyl (C=O) groups excluding carboxylic acids is 3. The van der Waals surface area contributed by atoms with Crippen LogP contribution in [0.5, 0.6) is 0 Å². The molecule has 230 valence electrons. The first kappa shape index (κ1) is 33.5. The van der Waals surface area contributed by atoms with Gasteiger partial charge in [0.25, 0.3) is 0 Å². The van der Waals surface area contributed by atoms with Crippen LogP contribution in [-0.4, -0.2) is 30.4 Å². The lowest BCUT2D eigenvalue weighted by atomic mass is 9.85. The monoisotopic (exact) mass is 586 g/mol. The number of nitrogens with one attached hydrogen (secondary N) is 2. The molecule has 0 bridgehead atoms. The van der Waals surface area contributed by atoms with Crippen molar-refractivity contribution in [2.24, 2.45) is 11.3 Å². The molecule has 0 spiro atoms. The molecule has 0 saturated heterocycles. The van der Waals surface area contributed by atoms with Crippen LogP contribution >= 0.6 is 0 Å². The van der Waals surface area contributed by atoms with Crippen molar-refractivity contribution >= 4 is 17.8 Å². The summed E-state index contributed by atoms with van der Waals surface area (Å²) in [7, 11) is 0. The average Bonchev–Trinajstić information content (AvgIpc) is 2.98. The molecule has 7 nitrogen and oxygen atoms in total. The molecule has 43 heavy (non-hydrogen) atoms. The molecule has 0 aliphatic rings. The van der Waals surface area contributed by atoms with E-state index in [2.05, 4.69) is 47.9 Å². The third-order valence-corrected chi connectivity index (χ3v) is 7.47. The topological polar surface area (TPSA) is 93.7 Å². The van der Waals surface area contributed by atoms with Gasteiger partial charge in [-0.2, -0.15) is 4.89 Å². The molecule has 0 aromatic heterocycles. The summed E-state index contributed by atoms with van der Waals surface area (Å²) in [6.07, 6.45) is 1.69. The number of carbonyl (C=O) groups is 3. The van der Waals surface area contributed by atoms with Gasteiger partial charge in [0, 0.05) is 5.92 Å². The lowest BCUT2D eigenvalue weighted by Crippen LogP contribution is -2.55. The summed E-state index contributed by atoms with van der Waals surface area (Å²) in [5, 5.41) is 6.01. The fourth-order valence-electron chi connectivity index (χ4n) is 5.11. The lowest BCUT2D eigenvalue weighted by molar-refractivity contribution is -0.270. The van der Waals surface area contributed by atoms with E-state index in [1.54, 1.807) is 6.92 Å². The van der Waals surface area contributed by atoms with Gasteiger partial charge in [0.15, 0.2) is 0 Å². The predicted octanol–water partition coefficient (Wildman–Crippen LogP) is 6.89. The summed E-state index contributed by atoms with van der Waals surface area (Å²) in [6, 6.07) is 25.3. The summed E-state index contributed by atoms with van der Waals surface area (Å²) in [4.78, 5) is 49.4. The summed E-state index contributed by atoms with van der Waals surface area (Å²) >= 11 is 0. The zero-order valence-electron chi connectivity index (χ0n) is 26.3. The van der Waals surface area contributed by atoms with Crippen LogP contribution in [0.25, 0.3) is 11.1 Å². The Balaban J connectivity index is 1.74. The molecule has 0 radical (unpaired) electrons. The number of amides is 2. The predicted molar refractivity (Wildman–Crippen MR) is 170 cm³/mol. The normalized spacial score (nSPS) is 13.4. The fourth-order valence-corrected chi connectivity index (χ4v) is 5.11. The van der Waals surface area contributed by atoms with E-state index in [1.807, 2.05) is 76.2 Å². The second-order valence-corrected chi connectivity index (χ2v) is 12.1. The Kier molecular flexibility index (Phi) is 12.5. The number of rotatable bonds is 14. The highest BCUT2D eigenvalue weighted by atomic mass is 17.2. The molecule has 0 aliphatic heterocycles. The van der Waals surface area contributed by atoms with E-state index >= 15 is 0 Å². The SMILES string of the molecule is CCOOC(=O)C[C@@H](CCCc1ccccc1-c1cccc(C)c1)C(=O)N[C@H](C(=O)N[C@H](C)c1ccccc1)C(C)(C)C. The molecule has 7 heteroatoms. The third-order valence-electron chi connectivity index (χ3n) is 7.47. The zero-order chi connectivity index (χ0) is 31.4.